The Morgan fingerprint density at radius 2 is 2.04 bits per heavy atom. The normalized spacial score (nSPS) is 13.1. The van der Waals surface area contributed by atoms with Crippen LogP contribution in [0.3, 0.4) is 0 Å². The Labute approximate surface area is 167 Å². The van der Waals surface area contributed by atoms with E-state index in [4.69, 9.17) is 10.2 Å². The number of benzene rings is 2. The lowest BCUT2D eigenvalue weighted by Crippen LogP contribution is -3.10. The van der Waals surface area contributed by atoms with Crippen molar-refractivity contribution < 1.29 is 9.69 Å². The van der Waals surface area contributed by atoms with E-state index in [1.165, 1.54) is 16.5 Å². The molecule has 27 heavy (non-hydrogen) atoms. The second kappa shape index (κ2) is 9.00. The summed E-state index contributed by atoms with van der Waals surface area (Å²) in [7, 11) is 2.01. The summed E-state index contributed by atoms with van der Waals surface area (Å²) < 4.78 is 1.17. The minimum atomic E-state index is -0.0505. The summed E-state index contributed by atoms with van der Waals surface area (Å²) in [5.41, 5.74) is 1.76. The zero-order valence-electron chi connectivity index (χ0n) is 15.2. The number of fused-ring (bicyclic) bond motifs is 1. The molecule has 0 saturated heterocycles. The fourth-order valence-corrected chi connectivity index (χ4v) is 4.47. The molecule has 7 heteroatoms. The van der Waals surface area contributed by atoms with E-state index >= 15 is 0 Å². The highest BCUT2D eigenvalue weighted by molar-refractivity contribution is 7.99. The number of carbonyl (C=O) groups excluding carboxylic acids is 1. The van der Waals surface area contributed by atoms with Crippen LogP contribution >= 0.6 is 23.1 Å². The number of para-hydroxylation sites is 2. The van der Waals surface area contributed by atoms with Gasteiger partial charge in [-0.3, -0.25) is 4.79 Å². The van der Waals surface area contributed by atoms with Crippen molar-refractivity contribution in [2.45, 2.75) is 17.9 Å². The van der Waals surface area contributed by atoms with Gasteiger partial charge in [0.05, 0.1) is 34.8 Å². The number of amides is 1. The molecule has 2 aromatic carbocycles. The number of thiazole rings is 1. The van der Waals surface area contributed by atoms with Gasteiger partial charge >= 0.3 is 0 Å². The zero-order valence-corrected chi connectivity index (χ0v) is 16.9. The van der Waals surface area contributed by atoms with Crippen LogP contribution in [0.5, 0.6) is 0 Å². The average molecular weight is 398 g/mol. The van der Waals surface area contributed by atoms with E-state index in [0.29, 0.717) is 12.3 Å². The molecule has 1 aromatic heterocycles. The summed E-state index contributed by atoms with van der Waals surface area (Å²) in [6, 6.07) is 17.9. The molecule has 3 aromatic rings. The van der Waals surface area contributed by atoms with Crippen LogP contribution < -0.4 is 10.2 Å². The third-order valence-electron chi connectivity index (χ3n) is 4.31. The highest BCUT2D eigenvalue weighted by atomic mass is 32.2. The lowest BCUT2D eigenvalue weighted by molar-refractivity contribution is -0.902. The number of thioether (sulfide) groups is 1. The zero-order chi connectivity index (χ0) is 19.2. The standard InChI is InChI=1S/C20H20N4OS2/c1-14(20-23-16-8-4-6-10-18(16)27-20)24(2)13-19(25)22-15-7-3-5-9-17(15)26-12-11-21/h3-10,14H,12-13H2,1-2H3,(H,22,25)/p+1/t14-/m1/s1. The maximum Gasteiger partial charge on any atom is 0.279 e. The molecule has 0 aliphatic rings. The number of hydrogen-bond donors (Lipinski definition) is 2. The van der Waals surface area contributed by atoms with Gasteiger partial charge < -0.3 is 10.2 Å². The van der Waals surface area contributed by atoms with E-state index in [-0.39, 0.29) is 11.9 Å². The van der Waals surface area contributed by atoms with Crippen molar-refractivity contribution >= 4 is 44.9 Å². The van der Waals surface area contributed by atoms with Gasteiger partial charge in [0.2, 0.25) is 0 Å². The van der Waals surface area contributed by atoms with Gasteiger partial charge in [-0.1, -0.05) is 24.3 Å². The highest BCUT2D eigenvalue weighted by Crippen LogP contribution is 2.27. The molecule has 3 rings (SSSR count). The molecule has 1 unspecified atom stereocenters. The number of rotatable bonds is 7. The third-order valence-corrected chi connectivity index (χ3v) is 6.47. The van der Waals surface area contributed by atoms with Gasteiger partial charge in [-0.25, -0.2) is 4.98 Å². The summed E-state index contributed by atoms with van der Waals surface area (Å²) in [4.78, 5) is 19.2. The second-order valence-corrected chi connectivity index (χ2v) is 8.34. The predicted molar refractivity (Wildman–Crippen MR) is 111 cm³/mol. The maximum absolute atomic E-state index is 12.5. The summed E-state index contributed by atoms with van der Waals surface area (Å²) >= 11 is 3.10. The Bertz CT molecular complexity index is 946. The van der Waals surface area contributed by atoms with Crippen LogP contribution in [0.1, 0.15) is 18.0 Å². The summed E-state index contributed by atoms with van der Waals surface area (Å²) in [5, 5.41) is 12.8. The molecule has 0 aliphatic carbocycles. The van der Waals surface area contributed by atoms with E-state index < -0.39 is 0 Å². The Morgan fingerprint density at radius 1 is 1.30 bits per heavy atom. The molecule has 138 valence electrons. The van der Waals surface area contributed by atoms with E-state index in [0.717, 1.165) is 26.0 Å². The van der Waals surface area contributed by atoms with E-state index in [2.05, 4.69) is 24.4 Å². The molecule has 1 heterocycles. The van der Waals surface area contributed by atoms with Crippen LogP contribution in [0.4, 0.5) is 5.69 Å². The molecule has 0 aliphatic heterocycles. The topological polar surface area (TPSA) is 70.2 Å². The molecule has 0 bridgehead atoms. The Morgan fingerprint density at radius 3 is 2.81 bits per heavy atom. The maximum atomic E-state index is 12.5. The number of nitrogens with one attached hydrogen (secondary N) is 2. The van der Waals surface area contributed by atoms with Gasteiger partial charge in [0.15, 0.2) is 11.6 Å². The van der Waals surface area contributed by atoms with Crippen LogP contribution in [0.15, 0.2) is 53.4 Å². The van der Waals surface area contributed by atoms with Crippen molar-refractivity contribution in [3.8, 4) is 6.07 Å². The van der Waals surface area contributed by atoms with Gasteiger partial charge in [0.1, 0.15) is 6.04 Å². The Balaban J connectivity index is 1.64. The fraction of sp³-hybridized carbons (Fsp3) is 0.250. The molecule has 2 atom stereocenters. The van der Waals surface area contributed by atoms with Crippen molar-refractivity contribution in [3.63, 3.8) is 0 Å². The van der Waals surface area contributed by atoms with Crippen LogP contribution in [0, 0.1) is 11.3 Å². The van der Waals surface area contributed by atoms with Crippen molar-refractivity contribution in [2.75, 3.05) is 24.7 Å². The summed E-state index contributed by atoms with van der Waals surface area (Å²) in [6.07, 6.45) is 0. The summed E-state index contributed by atoms with van der Waals surface area (Å²) in [5.74, 6) is 0.303. The largest absolute Gasteiger partial charge is 0.322 e. The molecule has 0 fully saturated rings. The number of hydrogen-bond acceptors (Lipinski definition) is 5. The molecule has 0 saturated carbocycles. The van der Waals surface area contributed by atoms with E-state index in [1.807, 2.05) is 49.5 Å². The van der Waals surface area contributed by atoms with Gasteiger partial charge in [0, 0.05) is 4.90 Å². The van der Waals surface area contributed by atoms with Crippen molar-refractivity contribution in [2.24, 2.45) is 0 Å². The minimum absolute atomic E-state index is 0.0505. The number of carbonyl (C=O) groups is 1. The molecule has 1 amide bonds. The van der Waals surface area contributed by atoms with Gasteiger partial charge in [0.25, 0.3) is 5.91 Å². The number of quaternary nitrogens is 1. The first-order valence-electron chi connectivity index (χ1n) is 8.65. The number of aromatic nitrogens is 1. The van der Waals surface area contributed by atoms with E-state index in [1.54, 1.807) is 11.3 Å². The summed E-state index contributed by atoms with van der Waals surface area (Å²) in [6.45, 7) is 2.44. The first kappa shape index (κ1) is 19.4. The van der Waals surface area contributed by atoms with Gasteiger partial charge in [-0.15, -0.1) is 23.1 Å². The molecular weight excluding hydrogens is 376 g/mol. The first-order chi connectivity index (χ1) is 13.1. The number of likely N-dealkylation sites (N-methyl/N-ethyl adjacent to an activating group) is 1. The van der Waals surface area contributed by atoms with Gasteiger partial charge in [-0.2, -0.15) is 5.26 Å². The molecule has 0 spiro atoms. The smallest absolute Gasteiger partial charge is 0.279 e. The highest BCUT2D eigenvalue weighted by Gasteiger charge is 2.22. The van der Waals surface area contributed by atoms with Gasteiger partial charge in [-0.05, 0) is 31.2 Å². The quantitative estimate of drug-likeness (QED) is 0.601. The first-order valence-corrected chi connectivity index (χ1v) is 10.4. The number of nitriles is 1. The van der Waals surface area contributed by atoms with Crippen molar-refractivity contribution in [3.05, 3.63) is 53.5 Å². The van der Waals surface area contributed by atoms with Crippen LogP contribution in [0.25, 0.3) is 10.2 Å². The molecule has 0 radical (unpaired) electrons. The Hall–Kier alpha value is -2.40. The van der Waals surface area contributed by atoms with Crippen molar-refractivity contribution in [1.82, 2.24) is 4.98 Å². The van der Waals surface area contributed by atoms with Crippen LogP contribution in [-0.4, -0.2) is 30.2 Å². The average Bonchev–Trinajstić information content (AvgIpc) is 3.10. The molecule has 5 nitrogen and oxygen atoms in total. The van der Waals surface area contributed by atoms with E-state index in [9.17, 15) is 4.79 Å². The second-order valence-electron chi connectivity index (χ2n) is 6.26. The SMILES string of the molecule is C[C@H](c1nc2ccccc2s1)[NH+](C)CC(=O)Nc1ccccc1SCC#N. The number of nitrogens with zero attached hydrogens (tertiary/aromatic N) is 2. The van der Waals surface area contributed by atoms with Crippen LogP contribution in [0.2, 0.25) is 0 Å². The Kier molecular flexibility index (Phi) is 6.45. The lowest BCUT2D eigenvalue weighted by Gasteiger charge is -2.19. The number of anilines is 1. The predicted octanol–water partition coefficient (Wildman–Crippen LogP) is 3.13. The molecular formula is C20H21N4OS2+. The fourth-order valence-electron chi connectivity index (χ4n) is 2.69. The third kappa shape index (κ3) is 4.86. The molecule has 2 N–H and O–H groups in total. The van der Waals surface area contributed by atoms with Crippen LogP contribution in [-0.2, 0) is 4.79 Å². The lowest BCUT2D eigenvalue weighted by atomic mass is 10.3. The monoisotopic (exact) mass is 397 g/mol. The minimum Gasteiger partial charge on any atom is -0.322 e. The van der Waals surface area contributed by atoms with Crippen molar-refractivity contribution in [1.29, 1.82) is 5.26 Å².